The number of aromatic nitrogens is 1. The summed E-state index contributed by atoms with van der Waals surface area (Å²) in [4.78, 5) is 34.1. The van der Waals surface area contributed by atoms with E-state index in [0.717, 1.165) is 48.2 Å². The smallest absolute Gasteiger partial charge is 0.263 e. The van der Waals surface area contributed by atoms with E-state index >= 15 is 0 Å². The summed E-state index contributed by atoms with van der Waals surface area (Å²) in [7, 11) is 0. The van der Waals surface area contributed by atoms with Gasteiger partial charge in [-0.3, -0.25) is 19.5 Å². The van der Waals surface area contributed by atoms with Gasteiger partial charge in [-0.05, 0) is 62.1 Å². The van der Waals surface area contributed by atoms with Crippen molar-refractivity contribution in [1.82, 2.24) is 9.88 Å². The molecule has 0 bridgehead atoms. The van der Waals surface area contributed by atoms with Gasteiger partial charge in [-0.15, -0.1) is 0 Å². The molecule has 7 heteroatoms. The average Bonchev–Trinajstić information content (AvgIpc) is 3.07. The summed E-state index contributed by atoms with van der Waals surface area (Å²) in [6, 6.07) is 13.2. The van der Waals surface area contributed by atoms with Gasteiger partial charge in [0.25, 0.3) is 11.8 Å². The van der Waals surface area contributed by atoms with E-state index in [2.05, 4.69) is 15.2 Å². The van der Waals surface area contributed by atoms with Crippen LogP contribution >= 0.6 is 11.6 Å². The third-order valence-corrected chi connectivity index (χ3v) is 6.49. The van der Waals surface area contributed by atoms with E-state index in [9.17, 15) is 9.59 Å². The number of pyridine rings is 1. The Labute approximate surface area is 192 Å². The van der Waals surface area contributed by atoms with Crippen LogP contribution in [0.3, 0.4) is 0 Å². The van der Waals surface area contributed by atoms with E-state index in [1.807, 2.05) is 36.4 Å². The number of benzene rings is 2. The maximum Gasteiger partial charge on any atom is 0.263 e. The molecule has 1 N–H and O–H groups in total. The molecule has 3 aromatic rings. The molecule has 0 spiro atoms. The fraction of sp³-hybridized carbons (Fsp3) is 0.320. The standard InChI is InChI=1S/C25H25ClN4O2/c26-17-8-9-18-20(10-12-28-21(18)16-17)27-11-5-15-30-24(31)19-6-4-7-22(23(19)25(30)32)29-13-2-1-3-14-29/h4,6-10,12,16H,1-3,5,11,13-15H2,(H,27,28). The first kappa shape index (κ1) is 20.8. The Kier molecular flexibility index (Phi) is 5.70. The molecule has 0 aliphatic carbocycles. The highest BCUT2D eigenvalue weighted by Gasteiger charge is 2.38. The lowest BCUT2D eigenvalue weighted by atomic mass is 10.0. The minimum atomic E-state index is -0.187. The molecule has 32 heavy (non-hydrogen) atoms. The molecule has 1 saturated heterocycles. The minimum absolute atomic E-state index is 0.171. The summed E-state index contributed by atoms with van der Waals surface area (Å²) in [5.41, 5.74) is 3.80. The zero-order valence-electron chi connectivity index (χ0n) is 17.8. The second kappa shape index (κ2) is 8.79. The van der Waals surface area contributed by atoms with Crippen LogP contribution in [0.25, 0.3) is 10.9 Å². The number of hydrogen-bond acceptors (Lipinski definition) is 5. The van der Waals surface area contributed by atoms with Crippen molar-refractivity contribution in [2.45, 2.75) is 25.7 Å². The van der Waals surface area contributed by atoms with E-state index in [-0.39, 0.29) is 11.8 Å². The topological polar surface area (TPSA) is 65.5 Å². The fourth-order valence-electron chi connectivity index (χ4n) is 4.65. The number of halogens is 1. The average molecular weight is 449 g/mol. The second-order valence-electron chi connectivity index (χ2n) is 8.31. The SMILES string of the molecule is O=C1c2cccc(N3CCCCC3)c2C(=O)N1CCCNc1ccnc2cc(Cl)ccc12. The molecular weight excluding hydrogens is 424 g/mol. The molecule has 2 aliphatic heterocycles. The zero-order chi connectivity index (χ0) is 22.1. The number of amides is 2. The molecule has 0 atom stereocenters. The molecule has 2 aliphatic rings. The number of anilines is 2. The highest BCUT2D eigenvalue weighted by Crippen LogP contribution is 2.33. The third kappa shape index (κ3) is 3.79. The maximum absolute atomic E-state index is 13.2. The number of piperidine rings is 1. The molecule has 3 heterocycles. The lowest BCUT2D eigenvalue weighted by Gasteiger charge is -2.30. The van der Waals surface area contributed by atoms with Crippen LogP contribution in [0.2, 0.25) is 5.02 Å². The summed E-state index contributed by atoms with van der Waals surface area (Å²) < 4.78 is 0. The summed E-state index contributed by atoms with van der Waals surface area (Å²) in [5.74, 6) is -0.358. The van der Waals surface area contributed by atoms with Gasteiger partial charge in [0.05, 0.1) is 22.3 Å². The van der Waals surface area contributed by atoms with Gasteiger partial charge in [-0.1, -0.05) is 17.7 Å². The minimum Gasteiger partial charge on any atom is -0.384 e. The number of carbonyl (C=O) groups is 2. The predicted octanol–water partition coefficient (Wildman–Crippen LogP) is 4.98. The van der Waals surface area contributed by atoms with Gasteiger partial charge in [0, 0.05) is 48.5 Å². The summed E-state index contributed by atoms with van der Waals surface area (Å²) in [5, 5.41) is 5.04. The van der Waals surface area contributed by atoms with Crippen LogP contribution in [0.15, 0.2) is 48.7 Å². The molecule has 1 fully saturated rings. The van der Waals surface area contributed by atoms with E-state index in [1.54, 1.807) is 12.3 Å². The quantitative estimate of drug-likeness (QED) is 0.425. The van der Waals surface area contributed by atoms with Crippen molar-refractivity contribution < 1.29 is 9.59 Å². The molecule has 0 radical (unpaired) electrons. The molecule has 164 valence electrons. The van der Waals surface area contributed by atoms with E-state index in [0.29, 0.717) is 35.7 Å². The molecular formula is C25H25ClN4O2. The number of carbonyl (C=O) groups excluding carboxylic acids is 2. The Balaban J connectivity index is 1.26. The van der Waals surface area contributed by atoms with Crippen LogP contribution in [0, 0.1) is 0 Å². The Bertz CT molecular complexity index is 1190. The third-order valence-electron chi connectivity index (χ3n) is 6.25. The molecule has 1 aromatic heterocycles. The van der Waals surface area contributed by atoms with Gasteiger partial charge in [-0.25, -0.2) is 0 Å². The Morgan fingerprint density at radius 2 is 1.84 bits per heavy atom. The molecule has 6 nitrogen and oxygen atoms in total. The number of hydrogen-bond donors (Lipinski definition) is 1. The lowest BCUT2D eigenvalue weighted by molar-refractivity contribution is 0.0654. The predicted molar refractivity (Wildman–Crippen MR) is 128 cm³/mol. The van der Waals surface area contributed by atoms with Crippen molar-refractivity contribution in [3.63, 3.8) is 0 Å². The highest BCUT2D eigenvalue weighted by atomic mass is 35.5. The van der Waals surface area contributed by atoms with E-state index < -0.39 is 0 Å². The fourth-order valence-corrected chi connectivity index (χ4v) is 4.82. The highest BCUT2D eigenvalue weighted by molar-refractivity contribution is 6.31. The van der Waals surface area contributed by atoms with Gasteiger partial charge in [0.1, 0.15) is 0 Å². The summed E-state index contributed by atoms with van der Waals surface area (Å²) in [6.07, 6.45) is 5.86. The Morgan fingerprint density at radius 1 is 1.00 bits per heavy atom. The van der Waals surface area contributed by atoms with Crippen LogP contribution in [0.5, 0.6) is 0 Å². The Hall–Kier alpha value is -3.12. The van der Waals surface area contributed by atoms with Crippen molar-refractivity contribution >= 4 is 45.7 Å². The van der Waals surface area contributed by atoms with E-state index in [1.165, 1.54) is 11.3 Å². The van der Waals surface area contributed by atoms with Crippen LogP contribution in [-0.2, 0) is 0 Å². The van der Waals surface area contributed by atoms with Gasteiger partial charge >= 0.3 is 0 Å². The summed E-state index contributed by atoms with van der Waals surface area (Å²) >= 11 is 6.06. The molecule has 5 rings (SSSR count). The molecule has 2 amide bonds. The maximum atomic E-state index is 13.2. The number of nitrogens with zero attached hydrogens (tertiary/aromatic N) is 3. The van der Waals surface area contributed by atoms with Gasteiger partial charge in [0.15, 0.2) is 0 Å². The van der Waals surface area contributed by atoms with E-state index in [4.69, 9.17) is 11.6 Å². The first-order valence-corrected chi connectivity index (χ1v) is 11.5. The van der Waals surface area contributed by atoms with Crippen LogP contribution < -0.4 is 10.2 Å². The first-order valence-electron chi connectivity index (χ1n) is 11.2. The van der Waals surface area contributed by atoms with Gasteiger partial charge < -0.3 is 10.2 Å². The van der Waals surface area contributed by atoms with Crippen LogP contribution in [0.1, 0.15) is 46.4 Å². The van der Waals surface area contributed by atoms with Crippen molar-refractivity contribution in [3.8, 4) is 0 Å². The molecule has 0 unspecified atom stereocenters. The molecule has 0 saturated carbocycles. The normalized spacial score (nSPS) is 16.0. The number of fused-ring (bicyclic) bond motifs is 2. The lowest BCUT2D eigenvalue weighted by Crippen LogP contribution is -2.33. The monoisotopic (exact) mass is 448 g/mol. The van der Waals surface area contributed by atoms with Crippen molar-refractivity contribution in [2.75, 3.05) is 36.4 Å². The van der Waals surface area contributed by atoms with Gasteiger partial charge in [0.2, 0.25) is 0 Å². The van der Waals surface area contributed by atoms with Crippen molar-refractivity contribution in [3.05, 3.63) is 64.8 Å². The number of nitrogens with one attached hydrogen (secondary N) is 1. The Morgan fingerprint density at radius 3 is 2.69 bits per heavy atom. The van der Waals surface area contributed by atoms with Crippen LogP contribution in [-0.4, -0.2) is 47.9 Å². The molecule has 2 aromatic carbocycles. The van der Waals surface area contributed by atoms with Crippen molar-refractivity contribution in [2.24, 2.45) is 0 Å². The zero-order valence-corrected chi connectivity index (χ0v) is 18.6. The second-order valence-corrected chi connectivity index (χ2v) is 8.75. The number of imide groups is 1. The largest absolute Gasteiger partial charge is 0.384 e. The van der Waals surface area contributed by atoms with Gasteiger partial charge in [-0.2, -0.15) is 0 Å². The van der Waals surface area contributed by atoms with Crippen LogP contribution in [0.4, 0.5) is 11.4 Å². The number of rotatable bonds is 6. The first-order chi connectivity index (χ1) is 15.6. The van der Waals surface area contributed by atoms with Crippen molar-refractivity contribution in [1.29, 1.82) is 0 Å². The summed E-state index contributed by atoms with van der Waals surface area (Å²) in [6.45, 7) is 2.89.